The molecule has 2 heteroatoms. The summed E-state index contributed by atoms with van der Waals surface area (Å²) >= 11 is 3.85. The summed E-state index contributed by atoms with van der Waals surface area (Å²) in [4.78, 5) is 0. The molecule has 0 fully saturated rings. The van der Waals surface area contributed by atoms with Crippen LogP contribution >= 0.6 is 22.7 Å². The zero-order valence-corrected chi connectivity index (χ0v) is 28.6. The Kier molecular flexibility index (Phi) is 6.09. The number of thiophene rings is 2. The van der Waals surface area contributed by atoms with E-state index in [1.807, 2.05) is 22.7 Å². The van der Waals surface area contributed by atoms with Gasteiger partial charge in [-0.1, -0.05) is 152 Å². The third-order valence-corrected chi connectivity index (χ3v) is 12.8. The molecular formula is C48H28S2. The second kappa shape index (κ2) is 10.9. The summed E-state index contributed by atoms with van der Waals surface area (Å²) in [5.41, 5.74) is 7.60. The molecule has 0 radical (unpaired) electrons. The van der Waals surface area contributed by atoms with E-state index >= 15 is 0 Å². The van der Waals surface area contributed by atoms with Gasteiger partial charge in [-0.15, -0.1) is 22.7 Å². The molecule has 0 atom stereocenters. The SMILES string of the molecule is c1ccc(-c2c3ccccc3c(-c3ccc(-c4cc5sc6ccc7c8ccccc8sc7c6c5c5ccccc45)cc3)c3ccccc23)cc1. The van der Waals surface area contributed by atoms with Gasteiger partial charge >= 0.3 is 0 Å². The van der Waals surface area contributed by atoms with E-state index < -0.39 is 0 Å². The van der Waals surface area contributed by atoms with Crippen molar-refractivity contribution in [3.8, 4) is 33.4 Å². The molecule has 0 spiro atoms. The van der Waals surface area contributed by atoms with Crippen molar-refractivity contribution in [2.75, 3.05) is 0 Å². The molecular weight excluding hydrogens is 641 g/mol. The highest BCUT2D eigenvalue weighted by molar-refractivity contribution is 7.30. The molecule has 0 bridgehead atoms. The van der Waals surface area contributed by atoms with Crippen LogP contribution in [0.3, 0.4) is 0 Å². The van der Waals surface area contributed by atoms with Gasteiger partial charge in [0.2, 0.25) is 0 Å². The normalized spacial score (nSPS) is 12.0. The fourth-order valence-electron chi connectivity index (χ4n) is 8.31. The summed E-state index contributed by atoms with van der Waals surface area (Å²) in [6.07, 6.45) is 0. The third kappa shape index (κ3) is 4.04. The Morgan fingerprint density at radius 2 is 0.800 bits per heavy atom. The second-order valence-electron chi connectivity index (χ2n) is 13.1. The summed E-state index contributed by atoms with van der Waals surface area (Å²) < 4.78 is 5.45. The summed E-state index contributed by atoms with van der Waals surface area (Å²) in [7, 11) is 0. The number of hydrogen-bond acceptors (Lipinski definition) is 2. The quantitative estimate of drug-likeness (QED) is 0.164. The van der Waals surface area contributed by atoms with E-state index in [4.69, 9.17) is 0 Å². The minimum atomic E-state index is 1.24. The monoisotopic (exact) mass is 668 g/mol. The van der Waals surface area contributed by atoms with E-state index in [2.05, 4.69) is 170 Å². The van der Waals surface area contributed by atoms with Gasteiger partial charge in [0, 0.05) is 40.3 Å². The Hall–Kier alpha value is -5.80. The molecule has 9 aromatic carbocycles. The second-order valence-corrected chi connectivity index (χ2v) is 15.3. The Morgan fingerprint density at radius 3 is 1.46 bits per heavy atom. The zero-order valence-electron chi connectivity index (χ0n) is 27.0. The number of rotatable bonds is 3. The van der Waals surface area contributed by atoms with Gasteiger partial charge in [0.15, 0.2) is 0 Å². The van der Waals surface area contributed by atoms with Gasteiger partial charge in [-0.3, -0.25) is 0 Å². The van der Waals surface area contributed by atoms with Crippen molar-refractivity contribution in [3.63, 3.8) is 0 Å². The van der Waals surface area contributed by atoms with Crippen LogP contribution in [0.2, 0.25) is 0 Å². The molecule has 50 heavy (non-hydrogen) atoms. The third-order valence-electron chi connectivity index (χ3n) is 10.5. The lowest BCUT2D eigenvalue weighted by molar-refractivity contribution is 1.64. The maximum atomic E-state index is 2.44. The topological polar surface area (TPSA) is 0 Å². The van der Waals surface area contributed by atoms with Gasteiger partial charge in [0.25, 0.3) is 0 Å². The predicted molar refractivity (Wildman–Crippen MR) is 221 cm³/mol. The molecule has 11 rings (SSSR count). The average Bonchev–Trinajstić information content (AvgIpc) is 3.76. The average molecular weight is 669 g/mol. The molecule has 0 saturated heterocycles. The first-order valence-corrected chi connectivity index (χ1v) is 18.7. The molecule has 0 nitrogen and oxygen atoms in total. The lowest BCUT2D eigenvalue weighted by atomic mass is 9.85. The van der Waals surface area contributed by atoms with Crippen LogP contribution in [-0.2, 0) is 0 Å². The lowest BCUT2D eigenvalue weighted by Crippen LogP contribution is -1.91. The van der Waals surface area contributed by atoms with Crippen molar-refractivity contribution >= 4 is 95.3 Å². The molecule has 2 aromatic heterocycles. The summed E-state index contributed by atoms with van der Waals surface area (Å²) in [5, 5.41) is 13.3. The van der Waals surface area contributed by atoms with E-state index in [-0.39, 0.29) is 0 Å². The summed E-state index contributed by atoms with van der Waals surface area (Å²) in [6.45, 7) is 0. The van der Waals surface area contributed by atoms with Crippen molar-refractivity contribution in [2.45, 2.75) is 0 Å². The fraction of sp³-hybridized carbons (Fsp3) is 0. The highest BCUT2D eigenvalue weighted by Crippen LogP contribution is 2.49. The molecule has 0 unspecified atom stereocenters. The first-order chi connectivity index (χ1) is 24.8. The highest BCUT2D eigenvalue weighted by Gasteiger charge is 2.19. The Bertz CT molecular complexity index is 3070. The van der Waals surface area contributed by atoms with E-state index in [1.165, 1.54) is 106 Å². The van der Waals surface area contributed by atoms with Gasteiger partial charge in [0.1, 0.15) is 0 Å². The molecule has 232 valence electrons. The van der Waals surface area contributed by atoms with Crippen molar-refractivity contribution in [1.29, 1.82) is 0 Å². The molecule has 0 amide bonds. The van der Waals surface area contributed by atoms with Gasteiger partial charge in [-0.25, -0.2) is 0 Å². The molecule has 2 heterocycles. The van der Waals surface area contributed by atoms with Gasteiger partial charge < -0.3 is 0 Å². The van der Waals surface area contributed by atoms with Crippen LogP contribution in [0.5, 0.6) is 0 Å². The van der Waals surface area contributed by atoms with E-state index in [9.17, 15) is 0 Å². The number of fused-ring (bicyclic) bond motifs is 11. The van der Waals surface area contributed by atoms with Crippen LogP contribution in [0, 0.1) is 0 Å². The molecule has 0 aliphatic carbocycles. The predicted octanol–water partition coefficient (Wildman–Crippen LogP) is 14.9. The summed E-state index contributed by atoms with van der Waals surface area (Å²) in [5.74, 6) is 0. The minimum absolute atomic E-state index is 1.24. The van der Waals surface area contributed by atoms with Crippen molar-refractivity contribution in [2.24, 2.45) is 0 Å². The van der Waals surface area contributed by atoms with Gasteiger partial charge in [-0.2, -0.15) is 0 Å². The largest absolute Gasteiger partial charge is 0.135 e. The van der Waals surface area contributed by atoms with Crippen LogP contribution in [0.25, 0.3) is 106 Å². The maximum absolute atomic E-state index is 2.44. The number of hydrogen-bond donors (Lipinski definition) is 0. The highest BCUT2D eigenvalue weighted by atomic mass is 32.1. The van der Waals surface area contributed by atoms with Crippen LogP contribution < -0.4 is 0 Å². The zero-order chi connectivity index (χ0) is 32.8. The molecule has 0 aliphatic heterocycles. The van der Waals surface area contributed by atoms with Crippen LogP contribution in [0.15, 0.2) is 170 Å². The molecule has 0 saturated carbocycles. The fourth-order valence-corrected chi connectivity index (χ4v) is 10.8. The number of benzene rings is 9. The van der Waals surface area contributed by atoms with Crippen LogP contribution in [0.1, 0.15) is 0 Å². The van der Waals surface area contributed by atoms with Crippen molar-refractivity contribution in [1.82, 2.24) is 0 Å². The Morgan fingerprint density at radius 1 is 0.280 bits per heavy atom. The van der Waals surface area contributed by atoms with E-state index in [1.54, 1.807) is 0 Å². The molecule has 0 aliphatic rings. The van der Waals surface area contributed by atoms with E-state index in [0.29, 0.717) is 0 Å². The van der Waals surface area contributed by atoms with Crippen LogP contribution in [0.4, 0.5) is 0 Å². The Balaban J connectivity index is 1.12. The molecule has 0 N–H and O–H groups in total. The summed E-state index contributed by atoms with van der Waals surface area (Å²) in [6, 6.07) is 62.9. The minimum Gasteiger partial charge on any atom is -0.135 e. The lowest BCUT2D eigenvalue weighted by Gasteiger charge is -2.18. The van der Waals surface area contributed by atoms with Crippen molar-refractivity contribution < 1.29 is 0 Å². The van der Waals surface area contributed by atoms with E-state index in [0.717, 1.165) is 0 Å². The first-order valence-electron chi connectivity index (χ1n) is 17.1. The van der Waals surface area contributed by atoms with Crippen molar-refractivity contribution in [3.05, 3.63) is 170 Å². The smallest absolute Gasteiger partial charge is 0.0448 e. The van der Waals surface area contributed by atoms with Gasteiger partial charge in [0.05, 0.1) is 0 Å². The van der Waals surface area contributed by atoms with Gasteiger partial charge in [-0.05, 0) is 83.9 Å². The maximum Gasteiger partial charge on any atom is 0.0448 e. The Labute approximate surface area is 297 Å². The molecule has 11 aromatic rings. The standard InChI is InChI=1S/C48H28S2/c1-2-12-30(13-3-1)44-35-17-6-8-19-37(35)45(38-20-9-7-18-36(38)44)31-24-22-29(23-25-31)40-28-43-46(34-16-5-4-14-32(34)40)47-42(49-43)27-26-39-33-15-10-11-21-41(33)50-48(39)47/h1-28H. The van der Waals surface area contributed by atoms with Crippen LogP contribution in [-0.4, -0.2) is 0 Å². The first kappa shape index (κ1) is 28.1.